The van der Waals surface area contributed by atoms with Crippen LogP contribution in [-0.4, -0.2) is 71.8 Å². The van der Waals surface area contributed by atoms with E-state index in [1.165, 1.54) is 0 Å². The molecule has 1 aliphatic carbocycles. The molecule has 0 amide bonds. The summed E-state index contributed by atoms with van der Waals surface area (Å²) in [6, 6.07) is 4.09. The van der Waals surface area contributed by atoms with Crippen LogP contribution in [0.25, 0.3) is 0 Å². The normalized spacial score (nSPS) is 33.5. The maximum Gasteiger partial charge on any atom is 0.339 e. The third kappa shape index (κ3) is 3.89. The average molecular weight is 514 g/mol. The lowest BCUT2D eigenvalue weighted by Gasteiger charge is -2.44. The predicted molar refractivity (Wildman–Crippen MR) is 132 cm³/mol. The molecule has 1 aromatic rings. The summed E-state index contributed by atoms with van der Waals surface area (Å²) in [5.41, 5.74) is -0.322. The molecule has 0 aromatic heterocycles. The SMILES string of the molecule is COC1=C[C@]23CCCN2CCc2cc4c(cc2[C@@H]3C1OC(=O)C1(CC(=O)O)CCCC(C)(C)O1)OCO4. The lowest BCUT2D eigenvalue weighted by Crippen LogP contribution is -2.54. The zero-order valence-corrected chi connectivity index (χ0v) is 21.7. The van der Waals surface area contributed by atoms with Gasteiger partial charge in [-0.25, -0.2) is 4.79 Å². The second-order valence-electron chi connectivity index (χ2n) is 11.6. The van der Waals surface area contributed by atoms with Gasteiger partial charge in [0.15, 0.2) is 23.2 Å². The van der Waals surface area contributed by atoms with Gasteiger partial charge < -0.3 is 28.8 Å². The average Bonchev–Trinajstić information content (AvgIpc) is 3.51. The number of fused-ring (bicyclic) bond motifs is 3. The van der Waals surface area contributed by atoms with E-state index in [0.29, 0.717) is 24.4 Å². The van der Waals surface area contributed by atoms with Crippen LogP contribution in [0.2, 0.25) is 0 Å². The number of carbonyl (C=O) groups excluding carboxylic acids is 1. The van der Waals surface area contributed by atoms with Crippen LogP contribution in [0.5, 0.6) is 11.5 Å². The summed E-state index contributed by atoms with van der Waals surface area (Å²) in [5, 5.41) is 9.72. The Hall–Kier alpha value is -2.78. The summed E-state index contributed by atoms with van der Waals surface area (Å²) in [4.78, 5) is 28.3. The highest BCUT2D eigenvalue weighted by molar-refractivity contribution is 5.86. The Labute approximate surface area is 216 Å². The van der Waals surface area contributed by atoms with Crippen molar-refractivity contribution in [1.82, 2.24) is 4.90 Å². The molecule has 0 radical (unpaired) electrons. The second-order valence-corrected chi connectivity index (χ2v) is 11.6. The van der Waals surface area contributed by atoms with Crippen LogP contribution in [0.3, 0.4) is 0 Å². The first-order valence-corrected chi connectivity index (χ1v) is 13.2. The monoisotopic (exact) mass is 513 g/mol. The first-order valence-electron chi connectivity index (χ1n) is 13.2. The minimum Gasteiger partial charge on any atom is -0.497 e. The molecule has 2 saturated heterocycles. The number of nitrogens with zero attached hydrogens (tertiary/aromatic N) is 1. The van der Waals surface area contributed by atoms with E-state index in [9.17, 15) is 14.7 Å². The van der Waals surface area contributed by atoms with Gasteiger partial charge in [0.2, 0.25) is 6.79 Å². The lowest BCUT2D eigenvalue weighted by atomic mass is 9.77. The molecule has 6 rings (SSSR count). The lowest BCUT2D eigenvalue weighted by molar-refractivity contribution is -0.216. The molecule has 5 aliphatic rings. The van der Waals surface area contributed by atoms with Crippen molar-refractivity contribution in [1.29, 1.82) is 0 Å². The number of hydrogen-bond donors (Lipinski definition) is 1. The van der Waals surface area contributed by atoms with Crippen LogP contribution in [0, 0.1) is 0 Å². The minimum atomic E-state index is -1.54. The topological polar surface area (TPSA) is 104 Å². The number of hydrogen-bond acceptors (Lipinski definition) is 8. The van der Waals surface area contributed by atoms with Crippen LogP contribution in [0.1, 0.15) is 69.4 Å². The molecule has 200 valence electrons. The number of benzene rings is 1. The zero-order valence-electron chi connectivity index (χ0n) is 21.7. The molecule has 9 heteroatoms. The number of esters is 1. The largest absolute Gasteiger partial charge is 0.497 e. The number of methoxy groups -OCH3 is 1. The van der Waals surface area contributed by atoms with Crippen molar-refractivity contribution in [3.8, 4) is 11.5 Å². The van der Waals surface area contributed by atoms with Crippen molar-refractivity contribution in [3.05, 3.63) is 35.1 Å². The smallest absolute Gasteiger partial charge is 0.339 e. The van der Waals surface area contributed by atoms with Gasteiger partial charge in [-0.1, -0.05) is 0 Å². The molecule has 2 unspecified atom stereocenters. The minimum absolute atomic E-state index is 0.185. The summed E-state index contributed by atoms with van der Waals surface area (Å²) in [7, 11) is 1.60. The van der Waals surface area contributed by atoms with Gasteiger partial charge in [0.1, 0.15) is 5.76 Å². The number of carboxylic acids is 1. The summed E-state index contributed by atoms with van der Waals surface area (Å²) < 4.78 is 29.8. The third-order valence-electron chi connectivity index (χ3n) is 8.84. The summed E-state index contributed by atoms with van der Waals surface area (Å²) in [6.45, 7) is 5.79. The second kappa shape index (κ2) is 8.63. The van der Waals surface area contributed by atoms with Crippen molar-refractivity contribution in [2.75, 3.05) is 27.0 Å². The standard InChI is InChI=1S/C28H35NO8/c1-26(2)7-4-9-28(37-26,15-22(30)31)25(32)36-24-21(33-3)14-27-8-5-10-29(27)11-6-17-12-19-20(35-16-34-19)13-18(17)23(24)27/h12-14,23-24H,4-11,15-16H2,1-3H3,(H,30,31)/t23-,24?,27+,28?/m1/s1. The number of ether oxygens (including phenoxy) is 5. The highest BCUT2D eigenvalue weighted by Gasteiger charge is 2.59. The quantitative estimate of drug-likeness (QED) is 0.592. The Morgan fingerprint density at radius 3 is 2.62 bits per heavy atom. The van der Waals surface area contributed by atoms with E-state index in [-0.39, 0.29) is 18.2 Å². The molecular formula is C28H35NO8. The molecule has 1 spiro atoms. The van der Waals surface area contributed by atoms with Crippen molar-refractivity contribution >= 4 is 11.9 Å². The third-order valence-corrected chi connectivity index (χ3v) is 8.84. The maximum absolute atomic E-state index is 14.0. The van der Waals surface area contributed by atoms with Gasteiger partial charge in [-0.3, -0.25) is 9.69 Å². The van der Waals surface area contributed by atoms with Gasteiger partial charge in [0.25, 0.3) is 0 Å². The van der Waals surface area contributed by atoms with Gasteiger partial charge >= 0.3 is 11.9 Å². The van der Waals surface area contributed by atoms with E-state index in [0.717, 1.165) is 55.6 Å². The summed E-state index contributed by atoms with van der Waals surface area (Å²) >= 11 is 0. The fourth-order valence-corrected chi connectivity index (χ4v) is 7.33. The highest BCUT2D eigenvalue weighted by Crippen LogP contribution is 2.56. The first kappa shape index (κ1) is 24.6. The Kier molecular flexibility index (Phi) is 5.73. The van der Waals surface area contributed by atoms with E-state index in [2.05, 4.69) is 17.0 Å². The molecule has 4 atom stereocenters. The summed E-state index contributed by atoms with van der Waals surface area (Å²) in [6.07, 6.45) is 5.51. The Bertz CT molecular complexity index is 1160. The number of carbonyl (C=O) groups is 2. The molecular weight excluding hydrogens is 478 g/mol. The van der Waals surface area contributed by atoms with Gasteiger partial charge in [-0.05, 0) is 88.3 Å². The Morgan fingerprint density at radius 1 is 1.11 bits per heavy atom. The number of carboxylic acid groups (broad SMARTS) is 1. The predicted octanol–water partition coefficient (Wildman–Crippen LogP) is 3.54. The van der Waals surface area contributed by atoms with Crippen molar-refractivity contribution in [3.63, 3.8) is 0 Å². The van der Waals surface area contributed by atoms with Crippen LogP contribution in [-0.2, 0) is 30.2 Å². The Morgan fingerprint density at radius 2 is 1.89 bits per heavy atom. The van der Waals surface area contributed by atoms with Crippen molar-refractivity contribution in [2.45, 2.75) is 87.6 Å². The first-order chi connectivity index (χ1) is 17.7. The van der Waals surface area contributed by atoms with E-state index in [1.807, 2.05) is 19.9 Å². The number of aliphatic carboxylic acids is 1. The molecule has 4 heterocycles. The number of rotatable bonds is 5. The molecule has 0 bridgehead atoms. The van der Waals surface area contributed by atoms with Gasteiger partial charge in [0.05, 0.1) is 30.6 Å². The highest BCUT2D eigenvalue weighted by atomic mass is 16.7. The van der Waals surface area contributed by atoms with Gasteiger partial charge in [0, 0.05) is 6.54 Å². The molecule has 2 fully saturated rings. The van der Waals surface area contributed by atoms with E-state index < -0.39 is 35.7 Å². The van der Waals surface area contributed by atoms with Crippen LogP contribution in [0.15, 0.2) is 24.0 Å². The van der Waals surface area contributed by atoms with Crippen LogP contribution in [0.4, 0.5) is 0 Å². The fourth-order valence-electron chi connectivity index (χ4n) is 7.33. The van der Waals surface area contributed by atoms with E-state index >= 15 is 0 Å². The fraction of sp³-hybridized carbons (Fsp3) is 0.643. The molecule has 37 heavy (non-hydrogen) atoms. The molecule has 1 N–H and O–H groups in total. The maximum atomic E-state index is 14.0. The van der Waals surface area contributed by atoms with Crippen LogP contribution >= 0.6 is 0 Å². The molecule has 4 aliphatic heterocycles. The van der Waals surface area contributed by atoms with Crippen molar-refractivity contribution < 1.29 is 38.4 Å². The summed E-state index contributed by atoms with van der Waals surface area (Å²) in [5.74, 6) is 0.0737. The van der Waals surface area contributed by atoms with E-state index in [1.54, 1.807) is 7.11 Å². The zero-order chi connectivity index (χ0) is 26.0. The molecule has 9 nitrogen and oxygen atoms in total. The van der Waals surface area contributed by atoms with Gasteiger partial charge in [-0.15, -0.1) is 0 Å². The van der Waals surface area contributed by atoms with Crippen LogP contribution < -0.4 is 9.47 Å². The molecule has 1 aromatic carbocycles. The van der Waals surface area contributed by atoms with Gasteiger partial charge in [-0.2, -0.15) is 0 Å². The Balaban J connectivity index is 1.42. The molecule has 0 saturated carbocycles. The van der Waals surface area contributed by atoms with E-state index in [4.69, 9.17) is 23.7 Å². The van der Waals surface area contributed by atoms with Crippen molar-refractivity contribution in [2.24, 2.45) is 0 Å².